The van der Waals surface area contributed by atoms with Gasteiger partial charge in [-0.05, 0) is 56.5 Å². The molecule has 3 heteroatoms. The highest BCUT2D eigenvalue weighted by Gasteiger charge is 2.21. The molecule has 1 aliphatic heterocycles. The summed E-state index contributed by atoms with van der Waals surface area (Å²) in [5, 5.41) is 3.57. The number of hydrogen-bond acceptors (Lipinski definition) is 3. The SMILES string of the molecule is CN1CCC(CN(C)c2ccc(CNC3CC3)cc2)C1. The van der Waals surface area contributed by atoms with Crippen molar-refractivity contribution >= 4 is 5.69 Å². The second-order valence-electron chi connectivity index (χ2n) is 6.62. The molecular formula is C17H27N3. The monoisotopic (exact) mass is 273 g/mol. The molecule has 1 N–H and O–H groups in total. The normalized spacial score (nSPS) is 23.2. The number of nitrogens with one attached hydrogen (secondary N) is 1. The maximum atomic E-state index is 3.57. The lowest BCUT2D eigenvalue weighted by Gasteiger charge is -2.23. The first-order valence-corrected chi connectivity index (χ1v) is 7.93. The summed E-state index contributed by atoms with van der Waals surface area (Å²) in [7, 11) is 4.44. The van der Waals surface area contributed by atoms with Crippen molar-refractivity contribution in [2.45, 2.75) is 31.8 Å². The van der Waals surface area contributed by atoms with Gasteiger partial charge in [0.2, 0.25) is 0 Å². The Kier molecular flexibility index (Phi) is 4.27. The maximum absolute atomic E-state index is 3.57. The van der Waals surface area contributed by atoms with E-state index in [2.05, 4.69) is 53.5 Å². The lowest BCUT2D eigenvalue weighted by atomic mass is 10.1. The first-order valence-electron chi connectivity index (χ1n) is 7.93. The summed E-state index contributed by atoms with van der Waals surface area (Å²) >= 11 is 0. The molecule has 1 saturated heterocycles. The molecule has 110 valence electrons. The van der Waals surface area contributed by atoms with Crippen molar-refractivity contribution in [3.63, 3.8) is 0 Å². The molecule has 20 heavy (non-hydrogen) atoms. The number of hydrogen-bond donors (Lipinski definition) is 1. The third-order valence-corrected chi connectivity index (χ3v) is 4.57. The quantitative estimate of drug-likeness (QED) is 0.858. The maximum Gasteiger partial charge on any atom is 0.0363 e. The van der Waals surface area contributed by atoms with Gasteiger partial charge in [0.15, 0.2) is 0 Å². The van der Waals surface area contributed by atoms with Crippen molar-refractivity contribution in [1.82, 2.24) is 10.2 Å². The Morgan fingerprint density at radius 2 is 1.95 bits per heavy atom. The average molecular weight is 273 g/mol. The van der Waals surface area contributed by atoms with Crippen LogP contribution in [0, 0.1) is 5.92 Å². The second kappa shape index (κ2) is 6.15. The summed E-state index contributed by atoms with van der Waals surface area (Å²) in [5.74, 6) is 0.821. The topological polar surface area (TPSA) is 18.5 Å². The van der Waals surface area contributed by atoms with Crippen molar-refractivity contribution < 1.29 is 0 Å². The van der Waals surface area contributed by atoms with E-state index < -0.39 is 0 Å². The minimum atomic E-state index is 0.789. The van der Waals surface area contributed by atoms with Crippen LogP contribution >= 0.6 is 0 Å². The molecule has 2 aliphatic rings. The van der Waals surface area contributed by atoms with Gasteiger partial charge in [-0.3, -0.25) is 0 Å². The van der Waals surface area contributed by atoms with Crippen molar-refractivity contribution in [3.05, 3.63) is 29.8 Å². The Labute approximate surface area is 123 Å². The van der Waals surface area contributed by atoms with E-state index in [0.29, 0.717) is 0 Å². The van der Waals surface area contributed by atoms with Gasteiger partial charge in [-0.2, -0.15) is 0 Å². The summed E-state index contributed by atoms with van der Waals surface area (Å²) in [5.41, 5.74) is 2.74. The van der Waals surface area contributed by atoms with Crippen molar-refractivity contribution in [2.24, 2.45) is 5.92 Å². The molecule has 3 rings (SSSR count). The minimum absolute atomic E-state index is 0.789. The molecule has 1 saturated carbocycles. The zero-order valence-corrected chi connectivity index (χ0v) is 12.8. The van der Waals surface area contributed by atoms with Crippen LogP contribution in [0.15, 0.2) is 24.3 Å². The van der Waals surface area contributed by atoms with Gasteiger partial charge in [0.1, 0.15) is 0 Å². The molecule has 0 radical (unpaired) electrons. The highest BCUT2D eigenvalue weighted by Crippen LogP contribution is 2.21. The van der Waals surface area contributed by atoms with E-state index in [0.717, 1.165) is 18.5 Å². The van der Waals surface area contributed by atoms with Gasteiger partial charge >= 0.3 is 0 Å². The predicted octanol–water partition coefficient (Wildman–Crippen LogP) is 2.33. The highest BCUT2D eigenvalue weighted by atomic mass is 15.1. The van der Waals surface area contributed by atoms with E-state index in [1.54, 1.807) is 0 Å². The number of nitrogens with zero attached hydrogens (tertiary/aromatic N) is 2. The van der Waals surface area contributed by atoms with Crippen LogP contribution in [0.3, 0.4) is 0 Å². The van der Waals surface area contributed by atoms with Gasteiger partial charge in [0.05, 0.1) is 0 Å². The zero-order chi connectivity index (χ0) is 13.9. The van der Waals surface area contributed by atoms with Gasteiger partial charge in [-0.15, -0.1) is 0 Å². The van der Waals surface area contributed by atoms with Gasteiger partial charge in [0.25, 0.3) is 0 Å². The Morgan fingerprint density at radius 3 is 2.55 bits per heavy atom. The lowest BCUT2D eigenvalue weighted by molar-refractivity contribution is 0.396. The summed E-state index contributed by atoms with van der Waals surface area (Å²) in [4.78, 5) is 4.84. The van der Waals surface area contributed by atoms with E-state index in [4.69, 9.17) is 0 Å². The Balaban J connectivity index is 1.50. The first kappa shape index (κ1) is 13.9. The molecule has 2 fully saturated rings. The minimum Gasteiger partial charge on any atom is -0.374 e. The number of benzene rings is 1. The van der Waals surface area contributed by atoms with Crippen molar-refractivity contribution in [3.8, 4) is 0 Å². The molecule has 1 unspecified atom stereocenters. The third kappa shape index (κ3) is 3.74. The summed E-state index contributed by atoms with van der Waals surface area (Å²) in [6, 6.07) is 9.85. The summed E-state index contributed by atoms with van der Waals surface area (Å²) < 4.78 is 0. The van der Waals surface area contributed by atoms with Crippen LogP contribution in [-0.4, -0.2) is 44.7 Å². The molecule has 3 nitrogen and oxygen atoms in total. The highest BCUT2D eigenvalue weighted by molar-refractivity contribution is 5.47. The van der Waals surface area contributed by atoms with Gasteiger partial charge in [0, 0.05) is 38.4 Å². The molecule has 1 atom stereocenters. The van der Waals surface area contributed by atoms with Crippen LogP contribution in [0.25, 0.3) is 0 Å². The van der Waals surface area contributed by atoms with Crippen LogP contribution in [0.2, 0.25) is 0 Å². The molecule has 1 aromatic rings. The molecule has 0 aromatic heterocycles. The van der Waals surface area contributed by atoms with E-state index in [1.165, 1.54) is 50.1 Å². The molecule has 0 spiro atoms. The third-order valence-electron chi connectivity index (χ3n) is 4.57. The Morgan fingerprint density at radius 1 is 1.20 bits per heavy atom. The Bertz CT molecular complexity index is 424. The van der Waals surface area contributed by atoms with Crippen LogP contribution in [0.5, 0.6) is 0 Å². The van der Waals surface area contributed by atoms with Crippen LogP contribution in [-0.2, 0) is 6.54 Å². The zero-order valence-electron chi connectivity index (χ0n) is 12.8. The number of likely N-dealkylation sites (tertiary alicyclic amines) is 1. The van der Waals surface area contributed by atoms with E-state index in [-0.39, 0.29) is 0 Å². The summed E-state index contributed by atoms with van der Waals surface area (Å²) in [6.07, 6.45) is 4.05. The Hall–Kier alpha value is -1.06. The fourth-order valence-electron chi connectivity index (χ4n) is 3.09. The lowest BCUT2D eigenvalue weighted by Crippen LogP contribution is -2.27. The summed E-state index contributed by atoms with van der Waals surface area (Å²) in [6.45, 7) is 4.68. The number of anilines is 1. The van der Waals surface area contributed by atoms with Gasteiger partial charge in [-0.25, -0.2) is 0 Å². The molecule has 0 amide bonds. The standard InChI is InChI=1S/C17H27N3/c1-19-10-9-15(12-19)13-20(2)17-7-3-14(4-8-17)11-18-16-5-6-16/h3-4,7-8,15-16,18H,5-6,9-13H2,1-2H3. The molecule has 1 aliphatic carbocycles. The van der Waals surface area contributed by atoms with Crippen molar-refractivity contribution in [2.75, 3.05) is 38.6 Å². The van der Waals surface area contributed by atoms with E-state index in [1.807, 2.05) is 0 Å². The van der Waals surface area contributed by atoms with Crippen LogP contribution < -0.4 is 10.2 Å². The smallest absolute Gasteiger partial charge is 0.0363 e. The molecule has 0 bridgehead atoms. The molecule has 1 heterocycles. The fourth-order valence-corrected chi connectivity index (χ4v) is 3.09. The number of rotatable bonds is 6. The average Bonchev–Trinajstić information content (AvgIpc) is 3.20. The second-order valence-corrected chi connectivity index (χ2v) is 6.62. The van der Waals surface area contributed by atoms with Crippen LogP contribution in [0.4, 0.5) is 5.69 Å². The fraction of sp³-hybridized carbons (Fsp3) is 0.647. The van der Waals surface area contributed by atoms with E-state index >= 15 is 0 Å². The predicted molar refractivity (Wildman–Crippen MR) is 85.2 cm³/mol. The first-order chi connectivity index (χ1) is 9.70. The molecular weight excluding hydrogens is 246 g/mol. The van der Waals surface area contributed by atoms with Gasteiger partial charge in [-0.1, -0.05) is 12.1 Å². The largest absolute Gasteiger partial charge is 0.374 e. The molecule has 1 aromatic carbocycles. The van der Waals surface area contributed by atoms with Crippen LogP contribution in [0.1, 0.15) is 24.8 Å². The van der Waals surface area contributed by atoms with Crippen molar-refractivity contribution in [1.29, 1.82) is 0 Å². The van der Waals surface area contributed by atoms with Gasteiger partial charge < -0.3 is 15.1 Å². The van der Waals surface area contributed by atoms with E-state index in [9.17, 15) is 0 Å².